The number of hydrogen-bond acceptors (Lipinski definition) is 5. The van der Waals surface area contributed by atoms with Crippen LogP contribution in [0.25, 0.3) is 10.8 Å². The third-order valence-electron chi connectivity index (χ3n) is 4.05. The zero-order valence-electron chi connectivity index (χ0n) is 15.0. The largest absolute Gasteiger partial charge is 0.422 e. The smallest absolute Gasteiger partial charge is 0.344 e. The van der Waals surface area contributed by atoms with Crippen LogP contribution >= 0.6 is 22.6 Å². The van der Waals surface area contributed by atoms with Crippen molar-refractivity contribution in [3.63, 3.8) is 0 Å². The van der Waals surface area contributed by atoms with Crippen LogP contribution in [0.4, 0.5) is 0 Å². The monoisotopic (exact) mass is 525 g/mol. The second kappa shape index (κ2) is 8.89. The molecule has 3 rings (SSSR count). The molecule has 0 aliphatic heterocycles. The highest BCUT2D eigenvalue weighted by molar-refractivity contribution is 14.1. The fourth-order valence-electron chi connectivity index (χ4n) is 2.72. The maximum absolute atomic E-state index is 12.8. The molecule has 0 unspecified atom stereocenters. The lowest BCUT2D eigenvalue weighted by atomic mass is 10.0. The van der Waals surface area contributed by atoms with Crippen molar-refractivity contribution < 1.29 is 27.3 Å². The summed E-state index contributed by atoms with van der Waals surface area (Å²) in [7, 11) is -4.20. The Morgan fingerprint density at radius 2 is 1.72 bits per heavy atom. The van der Waals surface area contributed by atoms with E-state index in [4.69, 9.17) is 9.29 Å². The van der Waals surface area contributed by atoms with Gasteiger partial charge in [-0.3, -0.25) is 9.35 Å². The summed E-state index contributed by atoms with van der Waals surface area (Å²) in [6.07, 6.45) is 0. The quantitative estimate of drug-likeness (QED) is 0.221. The zero-order valence-corrected chi connectivity index (χ0v) is 17.9. The summed E-state index contributed by atoms with van der Waals surface area (Å²) in [5.74, 6) is -1.80. The summed E-state index contributed by atoms with van der Waals surface area (Å²) < 4.78 is 36.6. The molecule has 0 aliphatic carbocycles. The van der Waals surface area contributed by atoms with Crippen LogP contribution in [0.3, 0.4) is 0 Å². The van der Waals surface area contributed by atoms with Crippen LogP contribution in [0.5, 0.6) is 5.75 Å². The summed E-state index contributed by atoms with van der Waals surface area (Å²) >= 11 is 2.03. The predicted molar refractivity (Wildman–Crippen MR) is 117 cm³/mol. The van der Waals surface area contributed by atoms with Gasteiger partial charge in [0.15, 0.2) is 0 Å². The second-order valence-electron chi connectivity index (χ2n) is 6.10. The molecule has 0 radical (unpaired) electrons. The van der Waals surface area contributed by atoms with E-state index < -0.39 is 27.7 Å². The molecule has 0 aromatic heterocycles. The lowest BCUT2D eigenvalue weighted by Crippen LogP contribution is -2.29. The number of hydrogen-bond donors (Lipinski definition) is 2. The standard InChI is InChI=1S/C20H16INO6S/c21-14-8-9-17(19(23)22-10-11-29(25,26)27)18(12-14)28-20(24)16-7-3-5-13-4-1-2-6-15(13)16/h1-9,12H,10-11H2,(H,22,23)(H,25,26,27). The molecule has 150 valence electrons. The molecule has 0 bridgehead atoms. The van der Waals surface area contributed by atoms with E-state index in [0.29, 0.717) is 5.56 Å². The molecule has 7 nitrogen and oxygen atoms in total. The molecule has 0 fully saturated rings. The molecule has 2 N–H and O–H groups in total. The Kier molecular flexibility index (Phi) is 6.50. The second-order valence-corrected chi connectivity index (χ2v) is 8.92. The molecular weight excluding hydrogens is 509 g/mol. The highest BCUT2D eigenvalue weighted by Crippen LogP contribution is 2.25. The number of fused-ring (bicyclic) bond motifs is 1. The Labute approximate surface area is 181 Å². The van der Waals surface area contributed by atoms with E-state index in [9.17, 15) is 18.0 Å². The van der Waals surface area contributed by atoms with Crippen molar-refractivity contribution in [1.82, 2.24) is 5.32 Å². The molecule has 3 aromatic rings. The van der Waals surface area contributed by atoms with Crippen molar-refractivity contribution in [2.75, 3.05) is 12.3 Å². The van der Waals surface area contributed by atoms with E-state index in [1.807, 2.05) is 52.9 Å². The molecule has 0 aliphatic rings. The van der Waals surface area contributed by atoms with Crippen LogP contribution in [-0.2, 0) is 10.1 Å². The number of ether oxygens (including phenoxy) is 1. The Hall–Kier alpha value is -2.50. The highest BCUT2D eigenvalue weighted by atomic mass is 127. The fourth-order valence-corrected chi connectivity index (χ4v) is 3.54. The molecule has 0 saturated heterocycles. The summed E-state index contributed by atoms with van der Waals surface area (Å²) in [5, 5.41) is 3.99. The summed E-state index contributed by atoms with van der Waals surface area (Å²) in [5.41, 5.74) is 0.439. The minimum absolute atomic E-state index is 0.0548. The third-order valence-corrected chi connectivity index (χ3v) is 5.44. The SMILES string of the molecule is O=C(NCCS(=O)(=O)O)c1ccc(I)cc1OC(=O)c1cccc2ccccc12. The molecule has 3 aromatic carbocycles. The number of nitrogens with one attached hydrogen (secondary N) is 1. The summed E-state index contributed by atoms with van der Waals surface area (Å²) in [6, 6.07) is 17.3. The van der Waals surface area contributed by atoms with Gasteiger partial charge in [-0.25, -0.2) is 4.79 Å². The fraction of sp³-hybridized carbons (Fsp3) is 0.100. The topological polar surface area (TPSA) is 110 Å². The predicted octanol–water partition coefficient (Wildman–Crippen LogP) is 3.28. The van der Waals surface area contributed by atoms with Crippen molar-refractivity contribution in [1.29, 1.82) is 0 Å². The highest BCUT2D eigenvalue weighted by Gasteiger charge is 2.19. The van der Waals surface area contributed by atoms with Crippen molar-refractivity contribution >= 4 is 55.4 Å². The zero-order chi connectivity index (χ0) is 21.0. The Morgan fingerprint density at radius 1 is 1.00 bits per heavy atom. The van der Waals surface area contributed by atoms with Gasteiger partial charge < -0.3 is 10.1 Å². The first kappa shape index (κ1) is 21.2. The minimum atomic E-state index is -4.20. The average Bonchev–Trinajstić information content (AvgIpc) is 2.66. The number of rotatable bonds is 6. The third kappa shape index (κ3) is 5.52. The molecular formula is C20H16INO6S. The van der Waals surface area contributed by atoms with Gasteiger partial charge in [0.2, 0.25) is 0 Å². The number of benzene rings is 3. The van der Waals surface area contributed by atoms with Crippen LogP contribution in [0, 0.1) is 3.57 Å². The number of halogens is 1. The maximum atomic E-state index is 12.8. The van der Waals surface area contributed by atoms with Crippen molar-refractivity contribution in [3.05, 3.63) is 75.4 Å². The van der Waals surface area contributed by atoms with Gasteiger partial charge in [-0.05, 0) is 57.6 Å². The Bertz CT molecular complexity index is 1190. The first-order chi connectivity index (χ1) is 13.7. The minimum Gasteiger partial charge on any atom is -0.422 e. The van der Waals surface area contributed by atoms with E-state index in [-0.39, 0.29) is 17.9 Å². The molecule has 1 amide bonds. The van der Waals surface area contributed by atoms with Gasteiger partial charge >= 0.3 is 5.97 Å². The van der Waals surface area contributed by atoms with E-state index in [1.54, 1.807) is 24.3 Å². The van der Waals surface area contributed by atoms with E-state index in [1.165, 1.54) is 6.07 Å². The summed E-state index contributed by atoms with van der Waals surface area (Å²) in [6.45, 7) is -0.277. The molecule has 0 atom stereocenters. The lowest BCUT2D eigenvalue weighted by molar-refractivity contribution is 0.0734. The lowest BCUT2D eigenvalue weighted by Gasteiger charge is -2.12. The van der Waals surface area contributed by atoms with Gasteiger partial charge in [0.25, 0.3) is 16.0 Å². The first-order valence-corrected chi connectivity index (χ1v) is 11.2. The maximum Gasteiger partial charge on any atom is 0.344 e. The van der Waals surface area contributed by atoms with E-state index in [2.05, 4.69) is 5.32 Å². The van der Waals surface area contributed by atoms with Gasteiger partial charge in [0.1, 0.15) is 5.75 Å². The number of carbonyl (C=O) groups excluding carboxylic acids is 2. The van der Waals surface area contributed by atoms with Crippen LogP contribution in [0.1, 0.15) is 20.7 Å². The summed E-state index contributed by atoms with van der Waals surface area (Å²) in [4.78, 5) is 25.2. The van der Waals surface area contributed by atoms with Gasteiger partial charge in [-0.15, -0.1) is 0 Å². The van der Waals surface area contributed by atoms with Crippen LogP contribution in [-0.4, -0.2) is 37.1 Å². The van der Waals surface area contributed by atoms with Crippen LogP contribution in [0.2, 0.25) is 0 Å². The van der Waals surface area contributed by atoms with E-state index >= 15 is 0 Å². The van der Waals surface area contributed by atoms with Gasteiger partial charge in [-0.1, -0.05) is 36.4 Å². The van der Waals surface area contributed by atoms with Crippen LogP contribution < -0.4 is 10.1 Å². The van der Waals surface area contributed by atoms with Crippen molar-refractivity contribution in [3.8, 4) is 5.75 Å². The molecule has 29 heavy (non-hydrogen) atoms. The first-order valence-electron chi connectivity index (χ1n) is 8.47. The average molecular weight is 525 g/mol. The number of carbonyl (C=O) groups is 2. The molecule has 0 saturated carbocycles. The Balaban J connectivity index is 1.86. The van der Waals surface area contributed by atoms with Crippen molar-refractivity contribution in [2.45, 2.75) is 0 Å². The van der Waals surface area contributed by atoms with Crippen LogP contribution in [0.15, 0.2) is 60.7 Å². The molecule has 0 spiro atoms. The number of amides is 1. The van der Waals surface area contributed by atoms with E-state index in [0.717, 1.165) is 14.3 Å². The van der Waals surface area contributed by atoms with Gasteiger partial charge in [0, 0.05) is 10.1 Å². The van der Waals surface area contributed by atoms with Gasteiger partial charge in [0.05, 0.1) is 16.9 Å². The Morgan fingerprint density at radius 3 is 2.48 bits per heavy atom. The number of esters is 1. The van der Waals surface area contributed by atoms with Crippen molar-refractivity contribution in [2.24, 2.45) is 0 Å². The normalized spacial score (nSPS) is 11.2. The van der Waals surface area contributed by atoms with Gasteiger partial charge in [-0.2, -0.15) is 8.42 Å². The molecule has 9 heteroatoms. The molecule has 0 heterocycles.